The smallest absolute Gasteiger partial charge is 0.205 e. The summed E-state index contributed by atoms with van der Waals surface area (Å²) in [6.45, 7) is 11.2. The van der Waals surface area contributed by atoms with Crippen molar-refractivity contribution in [3.8, 4) is 0 Å². The zero-order chi connectivity index (χ0) is 13.2. The Kier molecular flexibility index (Phi) is 4.22. The molecule has 2 heterocycles. The summed E-state index contributed by atoms with van der Waals surface area (Å²) in [5.41, 5.74) is 0.0462. The van der Waals surface area contributed by atoms with Crippen molar-refractivity contribution in [3.05, 3.63) is 5.82 Å². The second-order valence-corrected chi connectivity index (χ2v) is 6.85. The Morgan fingerprint density at radius 3 is 2.50 bits per heavy atom. The minimum Gasteiger partial charge on any atom is -0.349 e. The highest BCUT2D eigenvalue weighted by molar-refractivity contribution is 7.09. The molecule has 1 aliphatic heterocycles. The number of anilines is 1. The molecule has 1 aromatic heterocycles. The van der Waals surface area contributed by atoms with Gasteiger partial charge in [0.05, 0.1) is 0 Å². The molecular formula is C13H24N4S. The van der Waals surface area contributed by atoms with Crippen LogP contribution in [0.5, 0.6) is 0 Å². The van der Waals surface area contributed by atoms with Crippen LogP contribution in [0.25, 0.3) is 0 Å². The van der Waals surface area contributed by atoms with Crippen LogP contribution in [0.1, 0.15) is 39.4 Å². The highest BCUT2D eigenvalue weighted by Gasteiger charge is 2.21. The quantitative estimate of drug-likeness (QED) is 0.839. The average molecular weight is 268 g/mol. The predicted octanol–water partition coefficient (Wildman–Crippen LogP) is 2.37. The third-order valence-corrected chi connectivity index (χ3v) is 4.19. The van der Waals surface area contributed by atoms with E-state index >= 15 is 0 Å². The van der Waals surface area contributed by atoms with Crippen molar-refractivity contribution in [1.82, 2.24) is 14.3 Å². The molecule has 0 saturated carbocycles. The number of likely N-dealkylation sites (tertiary alicyclic amines) is 1. The Labute approximate surface area is 114 Å². The van der Waals surface area contributed by atoms with Crippen LogP contribution in [0.3, 0.4) is 0 Å². The van der Waals surface area contributed by atoms with Gasteiger partial charge in [-0.2, -0.15) is 4.37 Å². The molecule has 102 valence electrons. The van der Waals surface area contributed by atoms with Crippen molar-refractivity contribution in [1.29, 1.82) is 0 Å². The number of likely N-dealkylation sites (N-methyl/N-ethyl adjacent to an activating group) is 1. The van der Waals surface area contributed by atoms with Crippen LogP contribution in [0, 0.1) is 0 Å². The van der Waals surface area contributed by atoms with Gasteiger partial charge in [-0.25, -0.2) is 4.98 Å². The monoisotopic (exact) mass is 268 g/mol. The number of hydrogen-bond donors (Lipinski definition) is 0. The normalized spacial score (nSPS) is 17.3. The molecular weight excluding hydrogens is 244 g/mol. The minimum absolute atomic E-state index is 0.0462. The molecule has 1 aliphatic rings. The maximum Gasteiger partial charge on any atom is 0.205 e. The van der Waals surface area contributed by atoms with Crippen LogP contribution >= 0.6 is 11.5 Å². The van der Waals surface area contributed by atoms with E-state index in [1.165, 1.54) is 37.5 Å². The van der Waals surface area contributed by atoms with Crippen molar-refractivity contribution in [2.24, 2.45) is 0 Å². The zero-order valence-corrected chi connectivity index (χ0v) is 12.8. The predicted molar refractivity (Wildman–Crippen MR) is 77.6 cm³/mol. The molecule has 1 saturated heterocycles. The molecule has 0 radical (unpaired) electrons. The van der Waals surface area contributed by atoms with E-state index in [0.29, 0.717) is 0 Å². The van der Waals surface area contributed by atoms with Crippen molar-refractivity contribution >= 4 is 16.7 Å². The Hall–Kier alpha value is -0.680. The van der Waals surface area contributed by atoms with Crippen molar-refractivity contribution in [2.75, 3.05) is 38.1 Å². The van der Waals surface area contributed by atoms with Crippen molar-refractivity contribution < 1.29 is 0 Å². The van der Waals surface area contributed by atoms with Gasteiger partial charge in [0, 0.05) is 37.1 Å². The molecule has 0 spiro atoms. The van der Waals surface area contributed by atoms with E-state index in [9.17, 15) is 0 Å². The van der Waals surface area contributed by atoms with E-state index < -0.39 is 0 Å². The molecule has 0 aromatic carbocycles. The lowest BCUT2D eigenvalue weighted by atomic mass is 9.96. The molecule has 0 aliphatic carbocycles. The van der Waals surface area contributed by atoms with E-state index in [1.807, 2.05) is 0 Å². The maximum absolute atomic E-state index is 4.64. The summed E-state index contributed by atoms with van der Waals surface area (Å²) < 4.78 is 4.46. The fourth-order valence-corrected chi connectivity index (χ4v) is 2.91. The Balaban J connectivity index is 1.88. The highest BCUT2D eigenvalue weighted by atomic mass is 32.1. The summed E-state index contributed by atoms with van der Waals surface area (Å²) in [5.74, 6) is 0.954. The first-order valence-corrected chi connectivity index (χ1v) is 7.52. The van der Waals surface area contributed by atoms with Crippen LogP contribution in [0.4, 0.5) is 5.13 Å². The molecule has 0 amide bonds. The van der Waals surface area contributed by atoms with Gasteiger partial charge in [0.1, 0.15) is 5.82 Å². The van der Waals surface area contributed by atoms with E-state index in [4.69, 9.17) is 0 Å². The maximum atomic E-state index is 4.64. The summed E-state index contributed by atoms with van der Waals surface area (Å²) >= 11 is 1.51. The molecule has 0 bridgehead atoms. The molecule has 0 unspecified atom stereocenters. The minimum atomic E-state index is 0.0462. The summed E-state index contributed by atoms with van der Waals surface area (Å²) in [5, 5.41) is 1.04. The number of rotatable bonds is 4. The fraction of sp³-hybridized carbons (Fsp3) is 0.846. The lowest BCUT2D eigenvalue weighted by molar-refractivity contribution is 0.346. The molecule has 4 nitrogen and oxygen atoms in total. The summed E-state index contributed by atoms with van der Waals surface area (Å²) in [6.07, 6.45) is 2.72. The van der Waals surface area contributed by atoms with Crippen LogP contribution in [0.2, 0.25) is 0 Å². The third-order valence-electron chi connectivity index (χ3n) is 3.36. The topological polar surface area (TPSA) is 32.3 Å². The summed E-state index contributed by atoms with van der Waals surface area (Å²) in [7, 11) is 2.11. The van der Waals surface area contributed by atoms with Gasteiger partial charge in [0.25, 0.3) is 0 Å². The molecule has 0 atom stereocenters. The van der Waals surface area contributed by atoms with E-state index in [0.717, 1.165) is 24.0 Å². The van der Waals surface area contributed by atoms with Gasteiger partial charge in [-0.15, -0.1) is 0 Å². The average Bonchev–Trinajstić information content (AvgIpc) is 2.96. The molecule has 18 heavy (non-hydrogen) atoms. The fourth-order valence-electron chi connectivity index (χ4n) is 2.07. The van der Waals surface area contributed by atoms with Crippen LogP contribution < -0.4 is 4.90 Å². The van der Waals surface area contributed by atoms with E-state index in [-0.39, 0.29) is 5.41 Å². The van der Waals surface area contributed by atoms with Crippen LogP contribution in [-0.4, -0.2) is 47.5 Å². The summed E-state index contributed by atoms with van der Waals surface area (Å²) in [6, 6.07) is 0. The number of nitrogens with zero attached hydrogens (tertiary/aromatic N) is 4. The molecule has 1 fully saturated rings. The standard InChI is InChI=1S/C13H24N4S/c1-13(2,3)11-14-12(18-15-11)16(4)9-10-17-7-5-6-8-17/h5-10H2,1-4H3. The molecule has 5 heteroatoms. The second-order valence-electron chi connectivity index (χ2n) is 6.12. The van der Waals surface area contributed by atoms with Crippen molar-refractivity contribution in [2.45, 2.75) is 39.0 Å². The van der Waals surface area contributed by atoms with Crippen LogP contribution in [0.15, 0.2) is 0 Å². The first-order valence-electron chi connectivity index (χ1n) is 6.74. The Morgan fingerprint density at radius 1 is 1.28 bits per heavy atom. The summed E-state index contributed by atoms with van der Waals surface area (Å²) in [4.78, 5) is 9.40. The van der Waals surface area contributed by atoms with Gasteiger partial charge in [-0.05, 0) is 25.9 Å². The van der Waals surface area contributed by atoms with Gasteiger partial charge in [-0.3, -0.25) is 0 Å². The van der Waals surface area contributed by atoms with Gasteiger partial charge in [-0.1, -0.05) is 20.8 Å². The second kappa shape index (κ2) is 5.53. The number of hydrogen-bond acceptors (Lipinski definition) is 5. The van der Waals surface area contributed by atoms with Gasteiger partial charge < -0.3 is 9.80 Å². The number of aromatic nitrogens is 2. The lowest BCUT2D eigenvalue weighted by Gasteiger charge is -2.20. The Bertz CT molecular complexity index is 377. The first-order chi connectivity index (χ1) is 8.47. The largest absolute Gasteiger partial charge is 0.349 e. The van der Waals surface area contributed by atoms with Crippen molar-refractivity contribution in [3.63, 3.8) is 0 Å². The third kappa shape index (κ3) is 3.42. The lowest BCUT2D eigenvalue weighted by Crippen LogP contribution is -2.31. The van der Waals surface area contributed by atoms with E-state index in [2.05, 4.69) is 47.0 Å². The molecule has 0 N–H and O–H groups in total. The SMILES string of the molecule is CN(CCN1CCCC1)c1nc(C(C)(C)C)ns1. The van der Waals surface area contributed by atoms with Gasteiger partial charge in [0.2, 0.25) is 5.13 Å². The van der Waals surface area contributed by atoms with Gasteiger partial charge in [0.15, 0.2) is 0 Å². The molecule has 2 rings (SSSR count). The van der Waals surface area contributed by atoms with Gasteiger partial charge >= 0.3 is 0 Å². The van der Waals surface area contributed by atoms with Crippen LogP contribution in [-0.2, 0) is 5.41 Å². The zero-order valence-electron chi connectivity index (χ0n) is 11.9. The highest BCUT2D eigenvalue weighted by Crippen LogP contribution is 2.24. The first kappa shape index (κ1) is 13.7. The van der Waals surface area contributed by atoms with E-state index in [1.54, 1.807) is 0 Å². The Morgan fingerprint density at radius 2 is 1.94 bits per heavy atom. The molecule has 1 aromatic rings.